The van der Waals surface area contributed by atoms with Gasteiger partial charge in [-0.05, 0) is 29.2 Å². The molecule has 0 bridgehead atoms. The minimum absolute atomic E-state index is 0.336. The van der Waals surface area contributed by atoms with Gasteiger partial charge in [0.05, 0.1) is 5.39 Å². The lowest BCUT2D eigenvalue weighted by atomic mass is 9.85. The van der Waals surface area contributed by atoms with E-state index in [9.17, 15) is 0 Å². The highest BCUT2D eigenvalue weighted by Crippen LogP contribution is 2.27. The Kier molecular flexibility index (Phi) is 4.24. The quantitative estimate of drug-likeness (QED) is 0.877. The molecule has 0 atom stereocenters. The Morgan fingerprint density at radius 2 is 1.89 bits per heavy atom. The van der Waals surface area contributed by atoms with Crippen LogP contribution in [0.5, 0.6) is 0 Å². The molecule has 0 saturated heterocycles. The maximum absolute atomic E-state index is 5.75. The first-order valence-electron chi connectivity index (χ1n) is 6.73. The summed E-state index contributed by atoms with van der Waals surface area (Å²) in [5.74, 6) is 3.09. The molecule has 19 heavy (non-hydrogen) atoms. The van der Waals surface area contributed by atoms with Gasteiger partial charge in [0.2, 0.25) is 5.95 Å². The van der Waals surface area contributed by atoms with Gasteiger partial charge >= 0.3 is 0 Å². The van der Waals surface area contributed by atoms with Crippen molar-refractivity contribution in [1.29, 1.82) is 0 Å². The van der Waals surface area contributed by atoms with Crippen molar-refractivity contribution in [1.82, 2.24) is 9.97 Å². The van der Waals surface area contributed by atoms with Crippen molar-refractivity contribution in [3.05, 3.63) is 11.4 Å². The van der Waals surface area contributed by atoms with Crippen molar-refractivity contribution >= 4 is 33.3 Å². The molecule has 2 aromatic rings. The van der Waals surface area contributed by atoms with Gasteiger partial charge in [0.1, 0.15) is 10.6 Å². The van der Waals surface area contributed by atoms with Crippen molar-refractivity contribution < 1.29 is 0 Å². The lowest BCUT2D eigenvalue weighted by Crippen LogP contribution is -2.25. The van der Waals surface area contributed by atoms with Gasteiger partial charge in [-0.1, -0.05) is 27.7 Å². The van der Waals surface area contributed by atoms with Crippen molar-refractivity contribution in [3.8, 4) is 0 Å². The standard InChI is InChI=1S/C14H22N4S/c1-8(2)11(9(3)4)7-16-12-10-5-6-19-13(10)18-14(15)17-12/h5-6,8-9,11H,7H2,1-4H3,(H3,15,16,17,18). The molecule has 0 aliphatic carbocycles. The largest absolute Gasteiger partial charge is 0.369 e. The van der Waals surface area contributed by atoms with Crippen LogP contribution in [-0.2, 0) is 0 Å². The first-order valence-corrected chi connectivity index (χ1v) is 7.61. The molecule has 2 aromatic heterocycles. The summed E-state index contributed by atoms with van der Waals surface area (Å²) in [6.45, 7) is 9.97. The summed E-state index contributed by atoms with van der Waals surface area (Å²) in [5.41, 5.74) is 5.75. The van der Waals surface area contributed by atoms with Crippen molar-refractivity contribution in [2.45, 2.75) is 27.7 Å². The van der Waals surface area contributed by atoms with E-state index in [0.717, 1.165) is 22.6 Å². The van der Waals surface area contributed by atoms with Gasteiger partial charge in [0.25, 0.3) is 0 Å². The molecule has 0 spiro atoms. The van der Waals surface area contributed by atoms with Crippen molar-refractivity contribution in [2.75, 3.05) is 17.6 Å². The maximum atomic E-state index is 5.75. The summed E-state index contributed by atoms with van der Waals surface area (Å²) in [5, 5.41) is 6.53. The van der Waals surface area contributed by atoms with Crippen LogP contribution in [0, 0.1) is 17.8 Å². The van der Waals surface area contributed by atoms with Crippen LogP contribution in [0.25, 0.3) is 10.2 Å². The van der Waals surface area contributed by atoms with Crippen molar-refractivity contribution in [2.24, 2.45) is 17.8 Å². The van der Waals surface area contributed by atoms with E-state index in [-0.39, 0.29) is 0 Å². The second-order valence-corrected chi connectivity index (χ2v) is 6.50. The molecule has 0 radical (unpaired) electrons. The Labute approximate surface area is 118 Å². The molecule has 104 valence electrons. The Bertz CT molecular complexity index is 539. The van der Waals surface area contributed by atoms with Crippen LogP contribution in [0.2, 0.25) is 0 Å². The van der Waals surface area contributed by atoms with Crippen LogP contribution in [0.4, 0.5) is 11.8 Å². The number of thiophene rings is 1. The molecule has 0 fully saturated rings. The predicted octanol–water partition coefficient (Wildman–Crippen LogP) is 3.61. The monoisotopic (exact) mass is 278 g/mol. The molecule has 2 heterocycles. The fourth-order valence-corrected chi connectivity index (χ4v) is 3.23. The number of nitrogens with one attached hydrogen (secondary N) is 1. The molecule has 4 nitrogen and oxygen atoms in total. The van der Waals surface area contributed by atoms with E-state index < -0.39 is 0 Å². The summed E-state index contributed by atoms with van der Waals surface area (Å²) in [4.78, 5) is 9.51. The fourth-order valence-electron chi connectivity index (χ4n) is 2.46. The van der Waals surface area contributed by atoms with E-state index >= 15 is 0 Å². The highest BCUT2D eigenvalue weighted by Gasteiger charge is 2.18. The van der Waals surface area contributed by atoms with Gasteiger partial charge in [0.15, 0.2) is 0 Å². The second kappa shape index (κ2) is 5.74. The minimum atomic E-state index is 0.336. The molecule has 0 aliphatic heterocycles. The number of hydrogen-bond donors (Lipinski definition) is 2. The molecule has 0 saturated carbocycles. The molecule has 3 N–H and O–H groups in total. The second-order valence-electron chi connectivity index (χ2n) is 5.60. The SMILES string of the molecule is CC(C)C(CNc1nc(N)nc2sccc12)C(C)C. The zero-order valence-corrected chi connectivity index (χ0v) is 12.8. The number of aromatic nitrogens is 2. The Balaban J connectivity index is 2.19. The van der Waals surface area contributed by atoms with Crippen LogP contribution in [0.1, 0.15) is 27.7 Å². The number of nitrogens with zero attached hydrogens (tertiary/aromatic N) is 2. The summed E-state index contributed by atoms with van der Waals surface area (Å²) in [6, 6.07) is 2.04. The van der Waals surface area contributed by atoms with Crippen LogP contribution in [-0.4, -0.2) is 16.5 Å². The minimum Gasteiger partial charge on any atom is -0.369 e. The molecule has 0 aromatic carbocycles. The number of rotatable bonds is 5. The number of hydrogen-bond acceptors (Lipinski definition) is 5. The summed E-state index contributed by atoms with van der Waals surface area (Å²) >= 11 is 1.59. The molecular formula is C14H22N4S. The Morgan fingerprint density at radius 1 is 1.21 bits per heavy atom. The van der Waals surface area contributed by atoms with E-state index in [4.69, 9.17) is 5.73 Å². The maximum Gasteiger partial charge on any atom is 0.223 e. The summed E-state index contributed by atoms with van der Waals surface area (Å²) in [6.07, 6.45) is 0. The van der Waals surface area contributed by atoms with Gasteiger partial charge in [0, 0.05) is 6.54 Å². The number of nitrogen functional groups attached to an aromatic ring is 1. The lowest BCUT2D eigenvalue weighted by molar-refractivity contribution is 0.304. The Morgan fingerprint density at radius 3 is 2.53 bits per heavy atom. The topological polar surface area (TPSA) is 63.8 Å². The van der Waals surface area contributed by atoms with Gasteiger partial charge in [-0.25, -0.2) is 4.98 Å². The number of anilines is 2. The van der Waals surface area contributed by atoms with E-state index in [1.807, 2.05) is 11.4 Å². The molecule has 0 unspecified atom stereocenters. The van der Waals surface area contributed by atoms with Crippen molar-refractivity contribution in [3.63, 3.8) is 0 Å². The predicted molar refractivity (Wildman–Crippen MR) is 83.5 cm³/mol. The average Bonchev–Trinajstić information content (AvgIpc) is 2.75. The summed E-state index contributed by atoms with van der Waals surface area (Å²) in [7, 11) is 0. The number of nitrogens with two attached hydrogens (primary N) is 1. The van der Waals surface area contributed by atoms with E-state index in [0.29, 0.717) is 23.7 Å². The van der Waals surface area contributed by atoms with Crippen LogP contribution < -0.4 is 11.1 Å². The summed E-state index contributed by atoms with van der Waals surface area (Å²) < 4.78 is 0. The third-order valence-corrected chi connectivity index (χ3v) is 4.37. The van der Waals surface area contributed by atoms with E-state index in [1.54, 1.807) is 11.3 Å². The number of fused-ring (bicyclic) bond motifs is 1. The van der Waals surface area contributed by atoms with Gasteiger partial charge < -0.3 is 11.1 Å². The van der Waals surface area contributed by atoms with Gasteiger partial charge in [-0.15, -0.1) is 11.3 Å². The van der Waals surface area contributed by atoms with Gasteiger partial charge in [-0.3, -0.25) is 0 Å². The first kappa shape index (κ1) is 14.1. The highest BCUT2D eigenvalue weighted by molar-refractivity contribution is 7.16. The highest BCUT2D eigenvalue weighted by atomic mass is 32.1. The van der Waals surface area contributed by atoms with Gasteiger partial charge in [-0.2, -0.15) is 4.98 Å². The molecule has 2 rings (SSSR count). The van der Waals surface area contributed by atoms with Crippen LogP contribution in [0.15, 0.2) is 11.4 Å². The molecule has 0 amide bonds. The third kappa shape index (κ3) is 3.15. The smallest absolute Gasteiger partial charge is 0.223 e. The van der Waals surface area contributed by atoms with Crippen LogP contribution in [0.3, 0.4) is 0 Å². The van der Waals surface area contributed by atoms with E-state index in [2.05, 4.69) is 43.0 Å². The zero-order chi connectivity index (χ0) is 14.0. The fraction of sp³-hybridized carbons (Fsp3) is 0.571. The molecule has 5 heteroatoms. The normalized spacial score (nSPS) is 11.9. The average molecular weight is 278 g/mol. The van der Waals surface area contributed by atoms with E-state index in [1.165, 1.54) is 0 Å². The zero-order valence-electron chi connectivity index (χ0n) is 12.0. The molecular weight excluding hydrogens is 256 g/mol. The van der Waals surface area contributed by atoms with Crippen LogP contribution >= 0.6 is 11.3 Å². The lowest BCUT2D eigenvalue weighted by Gasteiger charge is -2.25. The third-order valence-electron chi connectivity index (χ3n) is 3.56. The first-order chi connectivity index (χ1) is 8.99. The Hall–Kier alpha value is -1.36. The molecule has 0 aliphatic rings.